The minimum absolute atomic E-state index is 0.0588. The number of rotatable bonds is 4. The lowest BCUT2D eigenvalue weighted by molar-refractivity contribution is 0.0520. The maximum atomic E-state index is 13.0. The van der Waals surface area contributed by atoms with Gasteiger partial charge in [0, 0.05) is 6.20 Å². The van der Waals surface area contributed by atoms with Gasteiger partial charge < -0.3 is 14.8 Å². The second-order valence-electron chi connectivity index (χ2n) is 4.57. The average Bonchev–Trinajstić information content (AvgIpc) is 2.24. The van der Waals surface area contributed by atoms with E-state index in [0.29, 0.717) is 0 Å². The molecule has 5 nitrogen and oxygen atoms in total. The summed E-state index contributed by atoms with van der Waals surface area (Å²) in [5.74, 6) is -0.613. The van der Waals surface area contributed by atoms with Gasteiger partial charge in [0.2, 0.25) is 0 Å². The lowest BCUT2D eigenvalue weighted by Crippen LogP contribution is -2.34. The van der Waals surface area contributed by atoms with E-state index in [1.165, 1.54) is 12.3 Å². The van der Waals surface area contributed by atoms with Crippen molar-refractivity contribution in [2.24, 2.45) is 0 Å². The first kappa shape index (κ1) is 14.2. The normalized spacial score (nSPS) is 10.9. The van der Waals surface area contributed by atoms with Gasteiger partial charge in [-0.1, -0.05) is 0 Å². The Morgan fingerprint density at radius 1 is 1.50 bits per heavy atom. The monoisotopic (exact) mass is 255 g/mol. The maximum Gasteiger partial charge on any atom is 0.407 e. The number of aromatic nitrogens is 1. The molecule has 0 radical (unpaired) electrons. The van der Waals surface area contributed by atoms with E-state index in [1.54, 1.807) is 26.8 Å². The van der Waals surface area contributed by atoms with Gasteiger partial charge in [-0.3, -0.25) is 0 Å². The van der Waals surface area contributed by atoms with Crippen molar-refractivity contribution in [3.63, 3.8) is 0 Å². The molecule has 1 N–H and O–H groups in total. The van der Waals surface area contributed by atoms with Gasteiger partial charge in [-0.2, -0.15) is 4.39 Å². The number of nitrogens with one attached hydrogen (secondary N) is 1. The van der Waals surface area contributed by atoms with E-state index < -0.39 is 17.6 Å². The summed E-state index contributed by atoms with van der Waals surface area (Å²) in [5, 5.41) is 2.50. The predicted molar refractivity (Wildman–Crippen MR) is 63.9 cm³/mol. The quantitative estimate of drug-likeness (QED) is 0.661. The number of carbonyl (C=O) groups excluding carboxylic acids is 1. The number of alkyl carbamates (subject to hydrolysis) is 1. The molecule has 0 bridgehead atoms. The first-order valence-electron chi connectivity index (χ1n) is 5.58. The minimum atomic E-state index is -0.672. The SMILES string of the molecule is CC(C)(C)OC(=O)NCCOc1cccnc1[18F]. The van der Waals surface area contributed by atoms with Gasteiger partial charge in [-0.05, 0) is 32.9 Å². The number of amides is 1. The Labute approximate surface area is 105 Å². The van der Waals surface area contributed by atoms with E-state index in [4.69, 9.17) is 9.47 Å². The Morgan fingerprint density at radius 2 is 2.22 bits per heavy atom. The number of hydrogen-bond donors (Lipinski definition) is 1. The summed E-state index contributed by atoms with van der Waals surface area (Å²) in [5.41, 5.74) is -0.541. The molecule has 0 spiro atoms. The van der Waals surface area contributed by atoms with Crippen molar-refractivity contribution >= 4 is 6.09 Å². The minimum Gasteiger partial charge on any atom is -0.487 e. The fourth-order valence-electron chi connectivity index (χ4n) is 1.11. The van der Waals surface area contributed by atoms with Gasteiger partial charge in [0.1, 0.15) is 12.2 Å². The van der Waals surface area contributed by atoms with Crippen LogP contribution in [0.2, 0.25) is 0 Å². The summed E-state index contributed by atoms with van der Waals surface area (Å²) in [6.07, 6.45) is 0.805. The van der Waals surface area contributed by atoms with Crippen LogP contribution in [0.1, 0.15) is 20.8 Å². The average molecular weight is 255 g/mol. The summed E-state index contributed by atoms with van der Waals surface area (Å²) in [7, 11) is 0. The van der Waals surface area contributed by atoms with Crippen molar-refractivity contribution in [1.29, 1.82) is 0 Å². The molecule has 0 saturated heterocycles. The highest BCUT2D eigenvalue weighted by molar-refractivity contribution is 5.67. The molecule has 1 aromatic heterocycles. The molecule has 0 aliphatic rings. The summed E-state index contributed by atoms with van der Waals surface area (Å²) in [6.45, 7) is 5.68. The Balaban J connectivity index is 2.23. The van der Waals surface area contributed by atoms with E-state index in [2.05, 4.69) is 10.3 Å². The van der Waals surface area contributed by atoms with E-state index >= 15 is 0 Å². The third-order valence-electron chi connectivity index (χ3n) is 1.75. The van der Waals surface area contributed by atoms with Crippen LogP contribution in [0.3, 0.4) is 0 Å². The van der Waals surface area contributed by atoms with Crippen molar-refractivity contribution in [1.82, 2.24) is 10.3 Å². The third kappa shape index (κ3) is 5.47. The molecule has 1 aromatic rings. The molecule has 18 heavy (non-hydrogen) atoms. The summed E-state index contributed by atoms with van der Waals surface area (Å²) >= 11 is 0. The molecule has 0 unspecified atom stereocenters. The first-order valence-corrected chi connectivity index (χ1v) is 5.58. The van der Waals surface area contributed by atoms with E-state index in [9.17, 15) is 9.18 Å². The van der Waals surface area contributed by atoms with Gasteiger partial charge in [0.15, 0.2) is 5.75 Å². The van der Waals surface area contributed by atoms with Crippen LogP contribution in [0, 0.1) is 5.95 Å². The largest absolute Gasteiger partial charge is 0.487 e. The Morgan fingerprint density at radius 3 is 2.83 bits per heavy atom. The van der Waals surface area contributed by atoms with Crippen LogP contribution < -0.4 is 10.1 Å². The van der Waals surface area contributed by atoms with E-state index in [1.807, 2.05) is 0 Å². The molecule has 1 amide bonds. The maximum absolute atomic E-state index is 13.0. The Bertz CT molecular complexity index is 405. The molecule has 100 valence electrons. The zero-order valence-electron chi connectivity index (χ0n) is 10.7. The number of hydrogen-bond acceptors (Lipinski definition) is 4. The highest BCUT2D eigenvalue weighted by Gasteiger charge is 2.15. The van der Waals surface area contributed by atoms with Crippen LogP contribution in [0.15, 0.2) is 18.3 Å². The number of nitrogens with zero attached hydrogens (tertiary/aromatic N) is 1. The van der Waals surface area contributed by atoms with Crippen molar-refractivity contribution in [2.75, 3.05) is 13.2 Å². The smallest absolute Gasteiger partial charge is 0.407 e. The van der Waals surface area contributed by atoms with Crippen molar-refractivity contribution in [2.45, 2.75) is 26.4 Å². The van der Waals surface area contributed by atoms with Crippen LogP contribution in [-0.2, 0) is 4.74 Å². The Hall–Kier alpha value is -1.85. The van der Waals surface area contributed by atoms with Crippen molar-refractivity contribution < 1.29 is 18.7 Å². The molecule has 0 aliphatic carbocycles. The molecular weight excluding hydrogens is 238 g/mol. The van der Waals surface area contributed by atoms with Crippen LogP contribution in [0.4, 0.5) is 9.18 Å². The number of carbonyl (C=O) groups is 1. The fraction of sp³-hybridized carbons (Fsp3) is 0.500. The molecule has 0 aliphatic heterocycles. The molecule has 0 fully saturated rings. The van der Waals surface area contributed by atoms with Crippen LogP contribution in [-0.4, -0.2) is 29.8 Å². The fourth-order valence-corrected chi connectivity index (χ4v) is 1.11. The molecule has 0 aromatic carbocycles. The van der Waals surface area contributed by atoms with Crippen LogP contribution >= 0.6 is 0 Å². The van der Waals surface area contributed by atoms with Gasteiger partial charge in [0.05, 0.1) is 6.54 Å². The van der Waals surface area contributed by atoms with Gasteiger partial charge in [-0.25, -0.2) is 9.78 Å². The Kier molecular flexibility index (Phi) is 4.88. The molecule has 1 heterocycles. The number of pyridine rings is 1. The van der Waals surface area contributed by atoms with Gasteiger partial charge in [0.25, 0.3) is 5.95 Å². The summed E-state index contributed by atoms with van der Waals surface area (Å²) in [6, 6.07) is 3.04. The van der Waals surface area contributed by atoms with Crippen LogP contribution in [0.25, 0.3) is 0 Å². The van der Waals surface area contributed by atoms with Crippen molar-refractivity contribution in [3.8, 4) is 5.75 Å². The second kappa shape index (κ2) is 6.18. The highest BCUT2D eigenvalue weighted by Crippen LogP contribution is 2.12. The van der Waals surface area contributed by atoms with Gasteiger partial charge >= 0.3 is 6.09 Å². The molecule has 6 heteroatoms. The number of ether oxygens (including phenoxy) is 2. The predicted octanol–water partition coefficient (Wildman–Crippen LogP) is 2.12. The molecular formula is C12H17FN2O3. The van der Waals surface area contributed by atoms with Crippen molar-refractivity contribution in [3.05, 3.63) is 24.3 Å². The molecule has 0 saturated carbocycles. The second-order valence-corrected chi connectivity index (χ2v) is 4.57. The lowest BCUT2D eigenvalue weighted by Gasteiger charge is -2.19. The molecule has 0 atom stereocenters. The summed E-state index contributed by atoms with van der Waals surface area (Å²) < 4.78 is 23.2. The highest BCUT2D eigenvalue weighted by atomic mass is 18.2. The standard InChI is InChI=1S/C12H17FN2O3/c1-12(2,3)18-11(16)15-7-8-17-9-5-4-6-14-10(9)13/h4-6H,7-8H2,1-3H3,(H,15,16)/i13-1. The zero-order chi connectivity index (χ0) is 13.6. The number of halogens is 1. The zero-order valence-corrected chi connectivity index (χ0v) is 10.7. The lowest BCUT2D eigenvalue weighted by atomic mass is 10.2. The van der Waals surface area contributed by atoms with Crippen LogP contribution in [0.5, 0.6) is 5.75 Å². The van der Waals surface area contributed by atoms with Gasteiger partial charge in [-0.15, -0.1) is 0 Å². The van der Waals surface area contributed by atoms with E-state index in [-0.39, 0.29) is 18.9 Å². The summed E-state index contributed by atoms with van der Waals surface area (Å²) in [4.78, 5) is 14.7. The molecule has 1 rings (SSSR count). The third-order valence-corrected chi connectivity index (χ3v) is 1.75. The van der Waals surface area contributed by atoms with E-state index in [0.717, 1.165) is 0 Å². The topological polar surface area (TPSA) is 60.5 Å². The first-order chi connectivity index (χ1) is 8.38.